The van der Waals surface area contributed by atoms with Crippen molar-refractivity contribution in [3.05, 3.63) is 35.4 Å². The van der Waals surface area contributed by atoms with Crippen molar-refractivity contribution >= 4 is 11.8 Å². The molecule has 2 aliphatic heterocycles. The van der Waals surface area contributed by atoms with Gasteiger partial charge < -0.3 is 19.6 Å². The second-order valence-electron chi connectivity index (χ2n) is 7.03. The third-order valence-corrected chi connectivity index (χ3v) is 5.43. The van der Waals surface area contributed by atoms with Crippen molar-refractivity contribution in [2.24, 2.45) is 5.41 Å². The van der Waals surface area contributed by atoms with Crippen LogP contribution in [0.1, 0.15) is 24.0 Å². The molecule has 6 heteroatoms. The van der Waals surface area contributed by atoms with Crippen LogP contribution in [0.3, 0.4) is 0 Å². The molecular formula is C19H26N2O4. The second-order valence-corrected chi connectivity index (χ2v) is 7.03. The van der Waals surface area contributed by atoms with Gasteiger partial charge in [0.1, 0.15) is 0 Å². The fourth-order valence-corrected chi connectivity index (χ4v) is 3.82. The van der Waals surface area contributed by atoms with Crippen molar-refractivity contribution in [3.8, 4) is 0 Å². The highest BCUT2D eigenvalue weighted by molar-refractivity contribution is 5.87. The van der Waals surface area contributed by atoms with Gasteiger partial charge in [-0.15, -0.1) is 0 Å². The molecule has 0 aliphatic carbocycles. The number of rotatable bonds is 6. The van der Waals surface area contributed by atoms with E-state index in [-0.39, 0.29) is 23.8 Å². The first-order chi connectivity index (χ1) is 12.1. The van der Waals surface area contributed by atoms with Crippen LogP contribution in [-0.4, -0.2) is 66.6 Å². The Hall–Kier alpha value is -1.92. The van der Waals surface area contributed by atoms with E-state index in [0.29, 0.717) is 32.7 Å². The quantitative estimate of drug-likeness (QED) is 0.828. The molecule has 0 radical (unpaired) electrons. The van der Waals surface area contributed by atoms with E-state index in [1.54, 1.807) is 7.11 Å². The number of amides is 2. The van der Waals surface area contributed by atoms with Gasteiger partial charge in [-0.05, 0) is 24.0 Å². The molecule has 2 heterocycles. The molecule has 0 saturated carbocycles. The Morgan fingerprint density at radius 2 is 1.88 bits per heavy atom. The van der Waals surface area contributed by atoms with Gasteiger partial charge in [0.15, 0.2) is 0 Å². The molecule has 1 N–H and O–H groups in total. The van der Waals surface area contributed by atoms with Gasteiger partial charge in [-0.1, -0.05) is 24.3 Å². The van der Waals surface area contributed by atoms with Crippen LogP contribution < -0.4 is 0 Å². The van der Waals surface area contributed by atoms with E-state index in [4.69, 9.17) is 9.84 Å². The van der Waals surface area contributed by atoms with Crippen LogP contribution in [0.15, 0.2) is 24.3 Å². The summed E-state index contributed by atoms with van der Waals surface area (Å²) in [5, 5.41) is 9.08. The van der Waals surface area contributed by atoms with Crippen molar-refractivity contribution in [1.29, 1.82) is 0 Å². The van der Waals surface area contributed by atoms with Gasteiger partial charge in [-0.3, -0.25) is 9.59 Å². The molecule has 1 atom stereocenters. The van der Waals surface area contributed by atoms with Crippen molar-refractivity contribution < 1.29 is 19.4 Å². The highest BCUT2D eigenvalue weighted by Crippen LogP contribution is 2.40. The summed E-state index contributed by atoms with van der Waals surface area (Å²) in [5.41, 5.74) is 1.39. The number of benzene rings is 1. The summed E-state index contributed by atoms with van der Waals surface area (Å²) in [7, 11) is 1.64. The van der Waals surface area contributed by atoms with Crippen LogP contribution in [0.5, 0.6) is 0 Å². The molecule has 2 amide bonds. The number of methoxy groups -OCH3 is 1. The largest absolute Gasteiger partial charge is 0.392 e. The Balaban J connectivity index is 1.58. The normalized spacial score (nSPS) is 23.0. The predicted octanol–water partition coefficient (Wildman–Crippen LogP) is 0.819. The predicted molar refractivity (Wildman–Crippen MR) is 92.8 cm³/mol. The smallest absolute Gasteiger partial charge is 0.230 e. The van der Waals surface area contributed by atoms with Crippen LogP contribution in [0.25, 0.3) is 0 Å². The Morgan fingerprint density at radius 1 is 1.20 bits per heavy atom. The Bertz CT molecular complexity index is 631. The number of hydrogen-bond donors (Lipinski definition) is 1. The molecular weight excluding hydrogens is 320 g/mol. The molecule has 6 nitrogen and oxygen atoms in total. The summed E-state index contributed by atoms with van der Waals surface area (Å²) in [5.74, 6) is 0.240. The molecule has 2 fully saturated rings. The zero-order valence-electron chi connectivity index (χ0n) is 14.7. The lowest BCUT2D eigenvalue weighted by molar-refractivity contribution is -0.136. The van der Waals surface area contributed by atoms with Gasteiger partial charge in [0.25, 0.3) is 0 Å². The van der Waals surface area contributed by atoms with Gasteiger partial charge in [0.05, 0.1) is 25.0 Å². The zero-order valence-corrected chi connectivity index (χ0v) is 14.7. The molecule has 25 heavy (non-hydrogen) atoms. The van der Waals surface area contributed by atoms with E-state index in [1.165, 1.54) is 0 Å². The summed E-state index contributed by atoms with van der Waals surface area (Å²) >= 11 is 0. The van der Waals surface area contributed by atoms with Crippen LogP contribution >= 0.6 is 0 Å². The first kappa shape index (κ1) is 17.9. The van der Waals surface area contributed by atoms with Crippen LogP contribution in [0.2, 0.25) is 0 Å². The van der Waals surface area contributed by atoms with Crippen molar-refractivity contribution in [2.75, 3.05) is 39.9 Å². The minimum Gasteiger partial charge on any atom is -0.392 e. The molecule has 136 valence electrons. The number of nitrogens with zero attached hydrogens (tertiary/aromatic N) is 2. The van der Waals surface area contributed by atoms with E-state index in [9.17, 15) is 9.59 Å². The molecule has 2 saturated heterocycles. The fourth-order valence-electron chi connectivity index (χ4n) is 3.82. The minimum absolute atomic E-state index is 0.00452. The van der Waals surface area contributed by atoms with Gasteiger partial charge >= 0.3 is 0 Å². The number of carbonyl (C=O) groups excluding carboxylic acids is 2. The maximum atomic E-state index is 12.7. The zero-order chi connectivity index (χ0) is 17.9. The first-order valence-electron chi connectivity index (χ1n) is 8.83. The number of ether oxygens (including phenoxy) is 1. The third-order valence-electron chi connectivity index (χ3n) is 5.43. The first-order valence-corrected chi connectivity index (χ1v) is 8.83. The van der Waals surface area contributed by atoms with E-state index >= 15 is 0 Å². The summed E-state index contributed by atoms with van der Waals surface area (Å²) < 4.78 is 5.07. The lowest BCUT2D eigenvalue weighted by Crippen LogP contribution is -2.39. The van der Waals surface area contributed by atoms with E-state index in [1.807, 2.05) is 34.1 Å². The highest BCUT2D eigenvalue weighted by Gasteiger charge is 2.51. The molecule has 2 aliphatic rings. The topological polar surface area (TPSA) is 70.1 Å². The van der Waals surface area contributed by atoms with Gasteiger partial charge in [-0.2, -0.15) is 0 Å². The maximum Gasteiger partial charge on any atom is 0.230 e. The lowest BCUT2D eigenvalue weighted by atomic mass is 9.85. The highest BCUT2D eigenvalue weighted by atomic mass is 16.5. The minimum atomic E-state index is -0.385. The summed E-state index contributed by atoms with van der Waals surface area (Å²) in [6, 6.07) is 7.43. The molecule has 1 aromatic rings. The maximum absolute atomic E-state index is 12.7. The summed E-state index contributed by atoms with van der Waals surface area (Å²) in [4.78, 5) is 29.0. The third kappa shape index (κ3) is 3.70. The number of aliphatic hydroxyl groups excluding tert-OH is 1. The fraction of sp³-hybridized carbons (Fsp3) is 0.579. The summed E-state index contributed by atoms with van der Waals surface area (Å²) in [6.45, 7) is 3.12. The standard InChI is InChI=1S/C19H26N2O4/c1-25-11-10-20-8-6-19(18(20)24)7-9-21(14-19)17(23)12-15-2-4-16(13-22)5-3-15/h2-5,22H,6-14H2,1H3. The Morgan fingerprint density at radius 3 is 2.56 bits per heavy atom. The van der Waals surface area contributed by atoms with Gasteiger partial charge in [0.2, 0.25) is 11.8 Å². The second kappa shape index (κ2) is 7.54. The van der Waals surface area contributed by atoms with Gasteiger partial charge in [0, 0.05) is 33.3 Å². The lowest BCUT2D eigenvalue weighted by Gasteiger charge is -2.23. The molecule has 0 aromatic heterocycles. The molecule has 0 bridgehead atoms. The Labute approximate surface area is 148 Å². The molecule has 1 spiro atoms. The monoisotopic (exact) mass is 346 g/mol. The average Bonchev–Trinajstić information content (AvgIpc) is 3.20. The van der Waals surface area contributed by atoms with Crippen molar-refractivity contribution in [1.82, 2.24) is 9.80 Å². The van der Waals surface area contributed by atoms with Crippen molar-refractivity contribution in [2.45, 2.75) is 25.9 Å². The van der Waals surface area contributed by atoms with Crippen LogP contribution in [-0.2, 0) is 27.4 Å². The molecule has 1 unspecified atom stereocenters. The number of hydrogen-bond acceptors (Lipinski definition) is 4. The van der Waals surface area contributed by atoms with Crippen LogP contribution in [0, 0.1) is 5.41 Å². The molecule has 3 rings (SSSR count). The summed E-state index contributed by atoms with van der Waals surface area (Å²) in [6.07, 6.45) is 1.92. The number of carbonyl (C=O) groups is 2. The SMILES string of the molecule is COCCN1CCC2(CCN(C(=O)Cc3ccc(CO)cc3)C2)C1=O. The van der Waals surface area contributed by atoms with E-state index in [0.717, 1.165) is 30.5 Å². The number of likely N-dealkylation sites (tertiary alicyclic amines) is 2. The van der Waals surface area contributed by atoms with E-state index < -0.39 is 0 Å². The van der Waals surface area contributed by atoms with Crippen molar-refractivity contribution in [3.63, 3.8) is 0 Å². The van der Waals surface area contributed by atoms with Crippen LogP contribution in [0.4, 0.5) is 0 Å². The van der Waals surface area contributed by atoms with Gasteiger partial charge in [-0.25, -0.2) is 0 Å². The molecule has 1 aromatic carbocycles. The Kier molecular flexibility index (Phi) is 5.39. The van der Waals surface area contributed by atoms with E-state index in [2.05, 4.69) is 0 Å². The number of aliphatic hydroxyl groups is 1. The average molecular weight is 346 g/mol.